The molecule has 0 unspecified atom stereocenters. The number of anilines is 1. The van der Waals surface area contributed by atoms with Crippen LogP contribution >= 0.6 is 22.9 Å². The zero-order chi connectivity index (χ0) is 19.7. The predicted molar refractivity (Wildman–Crippen MR) is 116 cm³/mol. The lowest BCUT2D eigenvalue weighted by molar-refractivity contribution is 0.548. The van der Waals surface area contributed by atoms with Crippen LogP contribution in [0.4, 0.5) is 5.82 Å². The number of pyridine rings is 1. The molecule has 1 aliphatic rings. The Morgan fingerprint density at radius 3 is 2.86 bits per heavy atom. The third kappa shape index (κ3) is 3.48. The minimum absolute atomic E-state index is 0.331. The van der Waals surface area contributed by atoms with E-state index in [1.165, 1.54) is 11.3 Å². The van der Waals surface area contributed by atoms with Gasteiger partial charge in [-0.25, -0.2) is 9.78 Å². The number of halogens is 1. The fraction of sp³-hybridized carbons (Fsp3) is 0.250. The Morgan fingerprint density at radius 2 is 2.14 bits per heavy atom. The number of rotatable bonds is 4. The summed E-state index contributed by atoms with van der Waals surface area (Å²) in [6.07, 6.45) is 3.45. The number of nitrogens with zero attached hydrogens (tertiary/aromatic N) is 3. The average Bonchev–Trinajstić information content (AvgIpc) is 3.17. The van der Waals surface area contributed by atoms with Gasteiger partial charge in [0.15, 0.2) is 0 Å². The van der Waals surface area contributed by atoms with Crippen LogP contribution in [-0.2, 0) is 0 Å². The lowest BCUT2D eigenvalue weighted by Gasteiger charge is -2.28. The molecular formula is C20H19ClN4O2S. The molecule has 0 amide bonds. The highest BCUT2D eigenvalue weighted by molar-refractivity contribution is 7.16. The fourth-order valence-electron chi connectivity index (χ4n) is 3.10. The summed E-state index contributed by atoms with van der Waals surface area (Å²) >= 11 is 7.59. The van der Waals surface area contributed by atoms with Crippen LogP contribution in [0.1, 0.15) is 17.5 Å². The summed E-state index contributed by atoms with van der Waals surface area (Å²) in [4.78, 5) is 24.7. The predicted octanol–water partition coefficient (Wildman–Crippen LogP) is 3.96. The van der Waals surface area contributed by atoms with Crippen LogP contribution in [0.25, 0.3) is 32.8 Å². The number of thiazole rings is 1. The monoisotopic (exact) mass is 414 g/mol. The molecule has 3 aromatic rings. The summed E-state index contributed by atoms with van der Waals surface area (Å²) in [5.41, 5.74) is 0.872. The molecule has 4 rings (SSSR count). The number of allylic oxidation sites excluding steroid dienone is 1. The van der Waals surface area contributed by atoms with Gasteiger partial charge in [-0.1, -0.05) is 24.3 Å². The van der Waals surface area contributed by atoms with E-state index in [0.717, 1.165) is 42.3 Å². The fourth-order valence-corrected chi connectivity index (χ4v) is 4.24. The van der Waals surface area contributed by atoms with Crippen molar-refractivity contribution in [1.29, 1.82) is 0 Å². The van der Waals surface area contributed by atoms with Gasteiger partial charge in [0.25, 0.3) is 0 Å². The van der Waals surface area contributed by atoms with Crippen molar-refractivity contribution in [3.8, 4) is 10.6 Å². The molecule has 1 saturated heterocycles. The highest BCUT2D eigenvalue weighted by atomic mass is 35.5. The van der Waals surface area contributed by atoms with Crippen molar-refractivity contribution < 1.29 is 4.42 Å². The smallest absolute Gasteiger partial charge is 0.347 e. The Morgan fingerprint density at radius 1 is 1.36 bits per heavy atom. The first-order valence-corrected chi connectivity index (χ1v) is 10.2. The van der Waals surface area contributed by atoms with Crippen molar-refractivity contribution in [3.05, 3.63) is 51.8 Å². The van der Waals surface area contributed by atoms with Crippen LogP contribution in [0.2, 0.25) is 0 Å². The van der Waals surface area contributed by atoms with Gasteiger partial charge in [-0.05, 0) is 31.2 Å². The highest BCUT2D eigenvalue weighted by Gasteiger charge is 2.18. The Kier molecular flexibility index (Phi) is 5.30. The molecule has 6 nitrogen and oxygen atoms in total. The van der Waals surface area contributed by atoms with Gasteiger partial charge in [0, 0.05) is 31.6 Å². The zero-order valence-electron chi connectivity index (χ0n) is 15.4. The minimum Gasteiger partial charge on any atom is -0.403 e. The molecule has 0 radical (unpaired) electrons. The zero-order valence-corrected chi connectivity index (χ0v) is 16.9. The van der Waals surface area contributed by atoms with E-state index in [1.54, 1.807) is 18.2 Å². The van der Waals surface area contributed by atoms with Gasteiger partial charge in [0.05, 0.1) is 15.5 Å². The molecular weight excluding hydrogens is 396 g/mol. The molecule has 0 bridgehead atoms. The number of aromatic nitrogens is 2. The van der Waals surface area contributed by atoms with Crippen molar-refractivity contribution in [1.82, 2.24) is 15.3 Å². The first kappa shape index (κ1) is 18.9. The van der Waals surface area contributed by atoms with Gasteiger partial charge in [-0.3, -0.25) is 0 Å². The molecule has 0 spiro atoms. The topological polar surface area (TPSA) is 71.3 Å². The number of nitrogens with one attached hydrogen (secondary N) is 1. The lowest BCUT2D eigenvalue weighted by atomic mass is 10.2. The van der Waals surface area contributed by atoms with Crippen molar-refractivity contribution in [3.63, 3.8) is 0 Å². The van der Waals surface area contributed by atoms with E-state index in [9.17, 15) is 4.79 Å². The first-order chi connectivity index (χ1) is 13.6. The summed E-state index contributed by atoms with van der Waals surface area (Å²) in [7, 11) is 0. The number of fused-ring (bicyclic) bond motifs is 1. The second-order valence-electron chi connectivity index (χ2n) is 6.32. The summed E-state index contributed by atoms with van der Waals surface area (Å²) in [5, 5.41) is 5.13. The van der Waals surface area contributed by atoms with Crippen molar-refractivity contribution in [2.45, 2.75) is 6.92 Å². The largest absolute Gasteiger partial charge is 0.403 e. The Bertz CT molecular complexity index is 1130. The van der Waals surface area contributed by atoms with Crippen LogP contribution in [0.3, 0.4) is 0 Å². The average molecular weight is 415 g/mol. The molecule has 0 atom stereocenters. The second-order valence-corrected chi connectivity index (χ2v) is 7.76. The number of piperazine rings is 1. The molecule has 1 N–H and O–H groups in total. The maximum atomic E-state index is 12.6. The van der Waals surface area contributed by atoms with Crippen LogP contribution < -0.4 is 15.8 Å². The van der Waals surface area contributed by atoms with Crippen LogP contribution in [0.15, 0.2) is 40.1 Å². The Balaban J connectivity index is 1.77. The van der Waals surface area contributed by atoms with E-state index in [2.05, 4.69) is 26.8 Å². The standard InChI is InChI=1S/C20H19ClN4O2S/c1-3-14(21)17-15(4-2)28-19(24-17)13-11-12-5-6-16(23-18(12)27-20(13)26)25-9-7-22-8-10-25/h3-6,11,22H,2,7-10H2,1H3/b14-3+. The Hall–Kier alpha value is -2.48. The van der Waals surface area contributed by atoms with E-state index in [0.29, 0.717) is 27.0 Å². The van der Waals surface area contributed by atoms with Crippen molar-refractivity contribution in [2.24, 2.45) is 0 Å². The van der Waals surface area contributed by atoms with Gasteiger partial charge in [-0.15, -0.1) is 11.3 Å². The molecule has 0 aliphatic carbocycles. The van der Waals surface area contributed by atoms with Gasteiger partial charge in [0.2, 0.25) is 5.71 Å². The molecule has 8 heteroatoms. The summed E-state index contributed by atoms with van der Waals surface area (Å²) in [6.45, 7) is 9.21. The third-order valence-electron chi connectivity index (χ3n) is 4.57. The second kappa shape index (κ2) is 7.87. The summed E-state index contributed by atoms with van der Waals surface area (Å²) < 4.78 is 5.53. The third-order valence-corrected chi connectivity index (χ3v) is 6.06. The van der Waals surface area contributed by atoms with E-state index < -0.39 is 5.63 Å². The molecule has 28 heavy (non-hydrogen) atoms. The summed E-state index contributed by atoms with van der Waals surface area (Å²) in [6, 6.07) is 5.65. The normalized spacial score (nSPS) is 15.2. The van der Waals surface area contributed by atoms with Crippen LogP contribution in [0, 0.1) is 0 Å². The van der Waals surface area contributed by atoms with Crippen LogP contribution in [-0.4, -0.2) is 36.1 Å². The molecule has 3 aromatic heterocycles. The first-order valence-electron chi connectivity index (χ1n) is 8.97. The van der Waals surface area contributed by atoms with E-state index in [-0.39, 0.29) is 0 Å². The SMILES string of the molecule is C=Cc1sc(-c2cc3ccc(N4CCNCC4)nc3oc2=O)nc1/C(Cl)=C\C. The van der Waals surface area contributed by atoms with E-state index >= 15 is 0 Å². The number of hydrogen-bond acceptors (Lipinski definition) is 7. The molecule has 0 aromatic carbocycles. The summed E-state index contributed by atoms with van der Waals surface area (Å²) in [5.74, 6) is 0.815. The molecule has 1 aliphatic heterocycles. The molecule has 144 valence electrons. The highest BCUT2D eigenvalue weighted by Crippen LogP contribution is 2.33. The van der Waals surface area contributed by atoms with Gasteiger partial charge < -0.3 is 14.6 Å². The van der Waals surface area contributed by atoms with Gasteiger partial charge >= 0.3 is 5.63 Å². The van der Waals surface area contributed by atoms with Crippen molar-refractivity contribution >= 4 is 51.0 Å². The molecule has 1 fully saturated rings. The number of hydrogen-bond donors (Lipinski definition) is 1. The molecule has 4 heterocycles. The maximum Gasteiger partial charge on any atom is 0.347 e. The minimum atomic E-state index is -0.468. The van der Waals surface area contributed by atoms with Crippen LogP contribution in [0.5, 0.6) is 0 Å². The van der Waals surface area contributed by atoms with E-state index in [1.807, 2.05) is 19.1 Å². The van der Waals surface area contributed by atoms with Gasteiger partial charge in [0.1, 0.15) is 16.5 Å². The Labute approximate surface area is 171 Å². The van der Waals surface area contributed by atoms with Crippen molar-refractivity contribution in [2.75, 3.05) is 31.1 Å². The van der Waals surface area contributed by atoms with E-state index in [4.69, 9.17) is 16.0 Å². The maximum absolute atomic E-state index is 12.6. The van der Waals surface area contributed by atoms with Gasteiger partial charge in [-0.2, -0.15) is 4.98 Å². The quantitative estimate of drug-likeness (QED) is 0.696. The molecule has 0 saturated carbocycles. The lowest BCUT2D eigenvalue weighted by Crippen LogP contribution is -2.43.